The quantitative estimate of drug-likeness (QED) is 0.659. The summed E-state index contributed by atoms with van der Waals surface area (Å²) in [6.45, 7) is 2.43. The van der Waals surface area contributed by atoms with Crippen LogP contribution >= 0.6 is 0 Å². The average Bonchev–Trinajstić information content (AvgIpc) is 2.74. The molecule has 0 saturated carbocycles. The van der Waals surface area contributed by atoms with Gasteiger partial charge in [-0.25, -0.2) is 16.8 Å². The lowest BCUT2D eigenvalue weighted by Gasteiger charge is -2.31. The van der Waals surface area contributed by atoms with E-state index in [1.54, 1.807) is 37.3 Å². The van der Waals surface area contributed by atoms with Crippen molar-refractivity contribution < 1.29 is 26.3 Å². The van der Waals surface area contributed by atoms with Crippen molar-refractivity contribution in [2.24, 2.45) is 0 Å². The van der Waals surface area contributed by atoms with E-state index in [2.05, 4.69) is 0 Å². The first-order valence-electron chi connectivity index (χ1n) is 9.40. The minimum absolute atomic E-state index is 0.110. The van der Waals surface area contributed by atoms with E-state index in [-0.39, 0.29) is 35.7 Å². The second-order valence-electron chi connectivity index (χ2n) is 6.70. The first-order chi connectivity index (χ1) is 13.8. The van der Waals surface area contributed by atoms with Crippen molar-refractivity contribution in [2.45, 2.75) is 34.8 Å². The molecule has 0 radical (unpaired) electrons. The van der Waals surface area contributed by atoms with E-state index in [9.17, 15) is 16.8 Å². The fourth-order valence-electron chi connectivity index (χ4n) is 3.42. The van der Waals surface area contributed by atoms with Gasteiger partial charge in [0.1, 0.15) is 16.4 Å². The number of nitrogens with zero attached hydrogens (tertiary/aromatic N) is 1. The maximum atomic E-state index is 13.1. The van der Waals surface area contributed by atoms with Crippen LogP contribution in [-0.2, 0) is 19.9 Å². The minimum Gasteiger partial charge on any atom is -0.497 e. The Labute approximate surface area is 172 Å². The van der Waals surface area contributed by atoms with E-state index in [0.29, 0.717) is 18.1 Å². The van der Waals surface area contributed by atoms with Gasteiger partial charge < -0.3 is 9.47 Å². The topological polar surface area (TPSA) is 90.0 Å². The van der Waals surface area contributed by atoms with Crippen molar-refractivity contribution >= 4 is 19.9 Å². The van der Waals surface area contributed by atoms with Crippen LogP contribution in [0.15, 0.2) is 58.3 Å². The molecular formula is C20H25NO6S2. The van der Waals surface area contributed by atoms with Gasteiger partial charge >= 0.3 is 0 Å². The first-order valence-corrected chi connectivity index (χ1v) is 12.4. The number of hydrogen-bond acceptors (Lipinski definition) is 6. The smallest absolute Gasteiger partial charge is 0.246 e. The van der Waals surface area contributed by atoms with Gasteiger partial charge in [-0.15, -0.1) is 0 Å². The van der Waals surface area contributed by atoms with Crippen molar-refractivity contribution in [1.82, 2.24) is 4.31 Å². The number of piperidine rings is 1. The Morgan fingerprint density at radius 3 is 2.17 bits per heavy atom. The third-order valence-corrected chi connectivity index (χ3v) is 9.21. The predicted octanol–water partition coefficient (Wildman–Crippen LogP) is 2.72. The molecule has 0 N–H and O–H groups in total. The van der Waals surface area contributed by atoms with Gasteiger partial charge in [-0.3, -0.25) is 0 Å². The fraction of sp³-hybridized carbons (Fsp3) is 0.400. The molecule has 3 rings (SSSR count). The van der Waals surface area contributed by atoms with E-state index in [1.165, 1.54) is 29.6 Å². The molecule has 1 saturated heterocycles. The molecule has 2 aromatic rings. The molecule has 0 aromatic heterocycles. The van der Waals surface area contributed by atoms with Gasteiger partial charge in [0.2, 0.25) is 10.0 Å². The summed E-state index contributed by atoms with van der Waals surface area (Å²) in [5, 5.41) is -0.621. The molecule has 2 aromatic carbocycles. The molecule has 29 heavy (non-hydrogen) atoms. The van der Waals surface area contributed by atoms with E-state index in [0.717, 1.165) is 0 Å². The highest BCUT2D eigenvalue weighted by Crippen LogP contribution is 2.31. The summed E-state index contributed by atoms with van der Waals surface area (Å²) >= 11 is 0. The van der Waals surface area contributed by atoms with E-state index < -0.39 is 25.1 Å². The van der Waals surface area contributed by atoms with Crippen molar-refractivity contribution in [3.05, 3.63) is 48.5 Å². The molecule has 0 bridgehead atoms. The maximum absolute atomic E-state index is 13.1. The van der Waals surface area contributed by atoms with Crippen molar-refractivity contribution in [2.75, 3.05) is 26.8 Å². The van der Waals surface area contributed by atoms with Crippen LogP contribution in [0.25, 0.3) is 0 Å². The molecule has 9 heteroatoms. The average molecular weight is 440 g/mol. The van der Waals surface area contributed by atoms with Gasteiger partial charge in [0, 0.05) is 13.1 Å². The number of methoxy groups -OCH3 is 1. The summed E-state index contributed by atoms with van der Waals surface area (Å²) in [5.74, 6) is 0.890. The van der Waals surface area contributed by atoms with Crippen LogP contribution in [0, 0.1) is 0 Å². The predicted molar refractivity (Wildman–Crippen MR) is 110 cm³/mol. The Balaban J connectivity index is 1.76. The SMILES string of the molecule is CCOc1ccccc1S(=O)(=O)N1CCC(S(=O)(=O)c2ccc(OC)cc2)CC1. The zero-order valence-corrected chi connectivity index (χ0v) is 18.1. The summed E-state index contributed by atoms with van der Waals surface area (Å²) < 4.78 is 63.8. The lowest BCUT2D eigenvalue weighted by Crippen LogP contribution is -2.42. The van der Waals surface area contributed by atoms with Gasteiger partial charge in [-0.2, -0.15) is 4.31 Å². The van der Waals surface area contributed by atoms with Crippen LogP contribution in [0.4, 0.5) is 0 Å². The first kappa shape index (κ1) is 21.6. The van der Waals surface area contributed by atoms with E-state index in [1.807, 2.05) is 0 Å². The monoisotopic (exact) mass is 439 g/mol. The molecule has 7 nitrogen and oxygen atoms in total. The molecule has 1 heterocycles. The second-order valence-corrected chi connectivity index (χ2v) is 10.8. The van der Waals surface area contributed by atoms with Crippen molar-refractivity contribution in [1.29, 1.82) is 0 Å². The van der Waals surface area contributed by atoms with Crippen LogP contribution in [0.2, 0.25) is 0 Å². The normalized spacial score (nSPS) is 16.5. The Morgan fingerprint density at radius 2 is 1.59 bits per heavy atom. The number of ether oxygens (including phenoxy) is 2. The number of sulfonamides is 1. The van der Waals surface area contributed by atoms with Crippen LogP contribution in [0.3, 0.4) is 0 Å². The third kappa shape index (κ3) is 4.41. The van der Waals surface area contributed by atoms with Crippen LogP contribution in [0.5, 0.6) is 11.5 Å². The lowest BCUT2D eigenvalue weighted by molar-refractivity contribution is 0.322. The van der Waals surface area contributed by atoms with Gasteiger partial charge in [0.15, 0.2) is 9.84 Å². The van der Waals surface area contributed by atoms with Gasteiger partial charge in [0.25, 0.3) is 0 Å². The standard InChI is InChI=1S/C20H25NO6S2/c1-3-27-19-6-4-5-7-20(19)29(24,25)21-14-12-18(13-15-21)28(22,23)17-10-8-16(26-2)9-11-17/h4-11,18H,3,12-15H2,1-2H3. The fourth-order valence-corrected chi connectivity index (χ4v) is 6.75. The van der Waals surface area contributed by atoms with E-state index >= 15 is 0 Å². The molecule has 0 aliphatic carbocycles. The molecular weight excluding hydrogens is 414 g/mol. The molecule has 0 unspecified atom stereocenters. The molecule has 1 aliphatic heterocycles. The summed E-state index contributed by atoms with van der Waals surface area (Å²) in [4.78, 5) is 0.333. The maximum Gasteiger partial charge on any atom is 0.246 e. The molecule has 1 fully saturated rings. The van der Waals surface area contributed by atoms with Crippen LogP contribution in [-0.4, -0.2) is 53.2 Å². The second kappa shape index (κ2) is 8.73. The summed E-state index contributed by atoms with van der Waals surface area (Å²) in [6, 6.07) is 12.8. The molecule has 0 atom stereocenters. The Morgan fingerprint density at radius 1 is 0.966 bits per heavy atom. The zero-order valence-electron chi connectivity index (χ0n) is 16.4. The lowest BCUT2D eigenvalue weighted by atomic mass is 10.2. The molecule has 0 amide bonds. The number of benzene rings is 2. The minimum atomic E-state index is -3.76. The Hall–Kier alpha value is -2.10. The van der Waals surface area contributed by atoms with Crippen molar-refractivity contribution in [3.63, 3.8) is 0 Å². The number of para-hydroxylation sites is 1. The highest BCUT2D eigenvalue weighted by atomic mass is 32.2. The third-order valence-electron chi connectivity index (χ3n) is 4.99. The molecule has 1 aliphatic rings. The Kier molecular flexibility index (Phi) is 6.50. The van der Waals surface area contributed by atoms with Gasteiger partial charge in [-0.1, -0.05) is 12.1 Å². The van der Waals surface area contributed by atoms with Crippen LogP contribution < -0.4 is 9.47 Å². The number of rotatable bonds is 7. The molecule has 0 spiro atoms. The van der Waals surface area contributed by atoms with Crippen LogP contribution in [0.1, 0.15) is 19.8 Å². The highest BCUT2D eigenvalue weighted by molar-refractivity contribution is 7.92. The largest absolute Gasteiger partial charge is 0.497 e. The van der Waals surface area contributed by atoms with E-state index in [4.69, 9.17) is 9.47 Å². The van der Waals surface area contributed by atoms with Gasteiger partial charge in [0.05, 0.1) is 23.9 Å². The summed E-state index contributed by atoms with van der Waals surface area (Å²) in [5.41, 5.74) is 0. The number of hydrogen-bond donors (Lipinski definition) is 0. The van der Waals surface area contributed by atoms with Crippen molar-refractivity contribution in [3.8, 4) is 11.5 Å². The highest BCUT2D eigenvalue weighted by Gasteiger charge is 2.36. The Bertz CT molecular complexity index is 1040. The van der Waals surface area contributed by atoms with Gasteiger partial charge in [-0.05, 0) is 56.2 Å². The summed E-state index contributed by atoms with van der Waals surface area (Å²) in [6.07, 6.45) is 0.481. The molecule has 158 valence electrons. The summed E-state index contributed by atoms with van der Waals surface area (Å²) in [7, 11) is -5.78. The number of sulfone groups is 1. The zero-order chi connectivity index (χ0) is 21.1.